The topological polar surface area (TPSA) is 34.1 Å². The van der Waals surface area contributed by atoms with E-state index in [9.17, 15) is 0 Å². The van der Waals surface area contributed by atoms with E-state index in [0.29, 0.717) is 11.9 Å². The summed E-state index contributed by atoms with van der Waals surface area (Å²) in [4.78, 5) is 4.52. The van der Waals surface area contributed by atoms with Crippen LogP contribution in [0.15, 0.2) is 12.1 Å². The van der Waals surface area contributed by atoms with Crippen LogP contribution in [-0.2, 0) is 6.54 Å². The zero-order valence-electron chi connectivity index (χ0n) is 12.6. The third kappa shape index (κ3) is 5.37. The molecular formula is C15H25ClN2O. The third-order valence-electron chi connectivity index (χ3n) is 3.19. The van der Waals surface area contributed by atoms with Crippen molar-refractivity contribution in [2.24, 2.45) is 5.41 Å². The van der Waals surface area contributed by atoms with Gasteiger partial charge in [-0.25, -0.2) is 0 Å². The minimum absolute atomic E-state index is 0.183. The molecule has 0 spiro atoms. The van der Waals surface area contributed by atoms with Crippen molar-refractivity contribution in [3.63, 3.8) is 0 Å². The number of methoxy groups -OCH3 is 1. The van der Waals surface area contributed by atoms with Gasteiger partial charge in [0.15, 0.2) is 0 Å². The summed E-state index contributed by atoms with van der Waals surface area (Å²) in [7, 11) is 1.68. The average Bonchev–Trinajstić information content (AvgIpc) is 2.32. The first kappa shape index (κ1) is 16.3. The number of rotatable bonds is 6. The highest BCUT2D eigenvalue weighted by atomic mass is 35.5. The third-order valence-corrected chi connectivity index (χ3v) is 3.41. The summed E-state index contributed by atoms with van der Waals surface area (Å²) in [5.41, 5.74) is 2.16. The lowest BCUT2D eigenvalue weighted by molar-refractivity contribution is 0.260. The molecule has 0 aliphatic carbocycles. The van der Waals surface area contributed by atoms with E-state index in [2.05, 4.69) is 31.1 Å². The fourth-order valence-electron chi connectivity index (χ4n) is 2.09. The Labute approximate surface area is 121 Å². The number of nitrogens with one attached hydrogen (secondary N) is 1. The zero-order chi connectivity index (χ0) is 14.5. The van der Waals surface area contributed by atoms with Gasteiger partial charge in [0, 0.05) is 36.3 Å². The molecule has 1 atom stereocenters. The summed E-state index contributed by atoms with van der Waals surface area (Å²) in [5, 5.41) is 3.55. The number of halogens is 1. The highest BCUT2D eigenvalue weighted by Crippen LogP contribution is 2.23. The molecule has 1 N–H and O–H groups in total. The highest BCUT2D eigenvalue weighted by Gasteiger charge is 2.23. The second-order valence-corrected chi connectivity index (χ2v) is 6.29. The molecule has 4 heteroatoms. The number of nitrogens with zero attached hydrogens (tertiary/aromatic N) is 1. The Morgan fingerprint density at radius 1 is 1.37 bits per heavy atom. The quantitative estimate of drug-likeness (QED) is 0.812. The molecule has 3 nitrogen and oxygen atoms in total. The molecule has 0 saturated heterocycles. The Morgan fingerprint density at radius 3 is 2.58 bits per heavy atom. The van der Waals surface area contributed by atoms with Gasteiger partial charge in [-0.15, -0.1) is 11.6 Å². The Hall–Kier alpha value is -0.800. The molecule has 0 radical (unpaired) electrons. The van der Waals surface area contributed by atoms with E-state index in [1.807, 2.05) is 19.1 Å². The van der Waals surface area contributed by atoms with Gasteiger partial charge in [0.05, 0.1) is 12.8 Å². The summed E-state index contributed by atoms with van der Waals surface area (Å²) in [5.74, 6) is 1.52. The Kier molecular flexibility index (Phi) is 6.08. The number of hydrogen-bond donors (Lipinski definition) is 1. The van der Waals surface area contributed by atoms with E-state index < -0.39 is 0 Å². The Morgan fingerprint density at radius 2 is 2.05 bits per heavy atom. The van der Waals surface area contributed by atoms with Gasteiger partial charge >= 0.3 is 0 Å². The van der Waals surface area contributed by atoms with Crippen LogP contribution in [0.25, 0.3) is 0 Å². The van der Waals surface area contributed by atoms with Gasteiger partial charge in [0.1, 0.15) is 5.75 Å². The first-order chi connectivity index (χ1) is 8.86. The first-order valence-corrected chi connectivity index (χ1v) is 7.21. The van der Waals surface area contributed by atoms with Gasteiger partial charge in [0.25, 0.3) is 0 Å². The molecule has 1 rings (SSSR count). The molecular weight excluding hydrogens is 260 g/mol. The number of alkyl halides is 1. The second-order valence-electron chi connectivity index (χ2n) is 5.92. The van der Waals surface area contributed by atoms with Gasteiger partial charge in [-0.2, -0.15) is 0 Å². The second kappa shape index (κ2) is 7.11. The predicted octanol–water partition coefficient (Wildman–Crippen LogP) is 3.53. The summed E-state index contributed by atoms with van der Waals surface area (Å²) < 4.78 is 5.27. The fourth-order valence-corrected chi connectivity index (χ4v) is 2.31. The lowest BCUT2D eigenvalue weighted by Gasteiger charge is -2.31. The van der Waals surface area contributed by atoms with E-state index >= 15 is 0 Å². The molecule has 0 amide bonds. The van der Waals surface area contributed by atoms with Gasteiger partial charge in [0.2, 0.25) is 0 Å². The van der Waals surface area contributed by atoms with Gasteiger partial charge in [-0.3, -0.25) is 4.98 Å². The molecule has 1 unspecified atom stereocenters. The van der Waals surface area contributed by atoms with Crippen LogP contribution in [0.5, 0.6) is 5.75 Å². The predicted molar refractivity (Wildman–Crippen MR) is 80.9 cm³/mol. The van der Waals surface area contributed by atoms with E-state index in [4.69, 9.17) is 16.3 Å². The van der Waals surface area contributed by atoms with Gasteiger partial charge in [-0.1, -0.05) is 20.8 Å². The summed E-state index contributed by atoms with van der Waals surface area (Å²) in [6, 6.07) is 4.28. The molecule has 0 fully saturated rings. The molecule has 0 aliphatic rings. The maximum Gasteiger partial charge on any atom is 0.122 e. The van der Waals surface area contributed by atoms with E-state index in [1.165, 1.54) is 0 Å². The Bertz CT molecular complexity index is 402. The zero-order valence-corrected chi connectivity index (χ0v) is 13.3. The number of pyridine rings is 1. The van der Waals surface area contributed by atoms with Crippen molar-refractivity contribution in [3.05, 3.63) is 23.5 Å². The van der Waals surface area contributed by atoms with Crippen LogP contribution in [0.2, 0.25) is 0 Å². The van der Waals surface area contributed by atoms with Crippen molar-refractivity contribution in [1.29, 1.82) is 0 Å². The molecule has 1 aromatic rings. The largest absolute Gasteiger partial charge is 0.497 e. The number of ether oxygens (including phenoxy) is 1. The molecule has 0 bridgehead atoms. The maximum atomic E-state index is 5.88. The molecule has 0 aliphatic heterocycles. The van der Waals surface area contributed by atoms with Crippen LogP contribution in [0.4, 0.5) is 0 Å². The van der Waals surface area contributed by atoms with Crippen molar-refractivity contribution < 1.29 is 4.74 Å². The monoisotopic (exact) mass is 284 g/mol. The lowest BCUT2D eigenvalue weighted by Crippen LogP contribution is -2.40. The van der Waals surface area contributed by atoms with E-state index in [1.54, 1.807) is 7.11 Å². The van der Waals surface area contributed by atoms with Crippen LogP contribution >= 0.6 is 11.6 Å². The van der Waals surface area contributed by atoms with Gasteiger partial charge in [-0.05, 0) is 18.8 Å². The first-order valence-electron chi connectivity index (χ1n) is 6.67. The van der Waals surface area contributed by atoms with Crippen molar-refractivity contribution in [2.75, 3.05) is 13.0 Å². The molecule has 0 saturated carbocycles. The van der Waals surface area contributed by atoms with Crippen LogP contribution in [0.1, 0.15) is 38.6 Å². The lowest BCUT2D eigenvalue weighted by atomic mass is 9.85. The smallest absolute Gasteiger partial charge is 0.122 e. The van der Waals surface area contributed by atoms with Crippen LogP contribution in [0, 0.1) is 12.3 Å². The average molecular weight is 285 g/mol. The van der Waals surface area contributed by atoms with E-state index in [0.717, 1.165) is 30.1 Å². The Balaban J connectivity index is 2.71. The van der Waals surface area contributed by atoms with Crippen LogP contribution < -0.4 is 10.1 Å². The molecule has 19 heavy (non-hydrogen) atoms. The van der Waals surface area contributed by atoms with Crippen LogP contribution in [-0.4, -0.2) is 24.0 Å². The minimum Gasteiger partial charge on any atom is -0.497 e. The van der Waals surface area contributed by atoms with Crippen molar-refractivity contribution in [3.8, 4) is 5.75 Å². The number of aryl methyl sites for hydroxylation is 1. The van der Waals surface area contributed by atoms with Crippen molar-refractivity contribution >= 4 is 11.6 Å². The summed E-state index contributed by atoms with van der Waals surface area (Å²) in [6.45, 7) is 9.38. The standard InChI is InChI=1S/C15H25ClN2O/c1-11-8-13(19-5)9-12(18-11)10-17-14(6-7-16)15(2,3)4/h8-9,14,17H,6-7,10H2,1-5H3. The number of aromatic nitrogens is 1. The summed E-state index contributed by atoms with van der Waals surface area (Å²) >= 11 is 5.88. The minimum atomic E-state index is 0.183. The fraction of sp³-hybridized carbons (Fsp3) is 0.667. The van der Waals surface area contributed by atoms with E-state index in [-0.39, 0.29) is 5.41 Å². The number of hydrogen-bond acceptors (Lipinski definition) is 3. The maximum absolute atomic E-state index is 5.88. The van der Waals surface area contributed by atoms with Gasteiger partial charge < -0.3 is 10.1 Å². The summed E-state index contributed by atoms with van der Waals surface area (Å²) in [6.07, 6.45) is 0.952. The van der Waals surface area contributed by atoms with Crippen molar-refractivity contribution in [2.45, 2.75) is 46.7 Å². The SMILES string of the molecule is COc1cc(C)nc(CNC(CCCl)C(C)(C)C)c1. The highest BCUT2D eigenvalue weighted by molar-refractivity contribution is 6.17. The van der Waals surface area contributed by atoms with Crippen LogP contribution in [0.3, 0.4) is 0 Å². The normalized spacial score (nSPS) is 13.4. The van der Waals surface area contributed by atoms with Crippen molar-refractivity contribution in [1.82, 2.24) is 10.3 Å². The molecule has 0 aromatic carbocycles. The molecule has 1 aromatic heterocycles. The molecule has 108 valence electrons. The molecule has 1 heterocycles.